The van der Waals surface area contributed by atoms with E-state index in [0.717, 1.165) is 30.8 Å². The average Bonchev–Trinajstić information content (AvgIpc) is 3.26. The van der Waals surface area contributed by atoms with Crippen molar-refractivity contribution in [1.82, 2.24) is 10.2 Å². The number of nitrogens with one attached hydrogen (secondary N) is 1. The number of fused-ring (bicyclic) bond motifs is 5. The number of ether oxygens (including phenoxy) is 1. The summed E-state index contributed by atoms with van der Waals surface area (Å²) < 4.78 is 5.44. The first-order valence-electron chi connectivity index (χ1n) is 8.07. The number of nitrogens with zero attached hydrogens (tertiary/aromatic N) is 1. The van der Waals surface area contributed by atoms with Gasteiger partial charge in [-0.2, -0.15) is 0 Å². The Morgan fingerprint density at radius 3 is 2.50 bits per heavy atom. The van der Waals surface area contributed by atoms with Gasteiger partial charge >= 0.3 is 0 Å². The Bertz CT molecular complexity index is 522. The fourth-order valence-corrected chi connectivity index (χ4v) is 4.35. The zero-order valence-corrected chi connectivity index (χ0v) is 12.4. The first kappa shape index (κ1) is 13.9. The molecule has 1 N–H and O–H groups in total. The van der Waals surface area contributed by atoms with Crippen LogP contribution < -0.4 is 5.32 Å². The van der Waals surface area contributed by atoms with E-state index in [2.05, 4.69) is 17.5 Å². The zero-order valence-electron chi connectivity index (χ0n) is 12.4. The summed E-state index contributed by atoms with van der Waals surface area (Å²) in [4.78, 5) is 38.1. The smallest absolute Gasteiger partial charge is 0.240 e. The molecule has 2 aliphatic carbocycles. The molecule has 22 heavy (non-hydrogen) atoms. The highest BCUT2D eigenvalue weighted by Gasteiger charge is 2.59. The number of hydrogen-bond donors (Lipinski definition) is 1. The van der Waals surface area contributed by atoms with Gasteiger partial charge in [0.1, 0.15) is 6.54 Å². The molecule has 0 aromatic rings. The van der Waals surface area contributed by atoms with Crippen LogP contribution in [-0.4, -0.2) is 48.4 Å². The fourth-order valence-electron chi connectivity index (χ4n) is 4.35. The van der Waals surface area contributed by atoms with E-state index in [1.807, 2.05) is 0 Å². The molecule has 4 rings (SSSR count). The van der Waals surface area contributed by atoms with Crippen molar-refractivity contribution in [2.75, 3.05) is 19.7 Å². The Morgan fingerprint density at radius 1 is 1.23 bits per heavy atom. The van der Waals surface area contributed by atoms with E-state index in [9.17, 15) is 14.4 Å². The minimum atomic E-state index is -0.280. The van der Waals surface area contributed by atoms with Gasteiger partial charge in [-0.1, -0.05) is 12.2 Å². The predicted octanol–water partition coefficient (Wildman–Crippen LogP) is 0.0887. The molecule has 2 heterocycles. The second-order valence-corrected chi connectivity index (χ2v) is 6.70. The number of imide groups is 1. The van der Waals surface area contributed by atoms with Crippen LogP contribution >= 0.6 is 0 Å². The third-order valence-corrected chi connectivity index (χ3v) is 5.41. The van der Waals surface area contributed by atoms with Gasteiger partial charge in [-0.25, -0.2) is 0 Å². The Morgan fingerprint density at radius 2 is 1.91 bits per heavy atom. The quantitative estimate of drug-likeness (QED) is 0.590. The normalized spacial score (nSPS) is 38.9. The predicted molar refractivity (Wildman–Crippen MR) is 76.4 cm³/mol. The molecule has 0 aromatic heterocycles. The first-order valence-corrected chi connectivity index (χ1v) is 8.07. The van der Waals surface area contributed by atoms with Gasteiger partial charge in [0.2, 0.25) is 17.7 Å². The summed E-state index contributed by atoms with van der Waals surface area (Å²) >= 11 is 0. The van der Waals surface area contributed by atoms with Crippen molar-refractivity contribution in [2.45, 2.75) is 25.4 Å². The van der Waals surface area contributed by atoms with Crippen LogP contribution in [0.5, 0.6) is 0 Å². The Kier molecular flexibility index (Phi) is 3.29. The second kappa shape index (κ2) is 5.19. The Labute approximate surface area is 128 Å². The SMILES string of the molecule is O=C(CN1C(=O)[C@@H]2[C@H](C1=O)[C@H]1C=C[C@H]2C1)NC[C@@H]1CCCO1. The van der Waals surface area contributed by atoms with Gasteiger partial charge in [0.25, 0.3) is 0 Å². The van der Waals surface area contributed by atoms with Gasteiger partial charge in [-0.05, 0) is 31.1 Å². The van der Waals surface area contributed by atoms with E-state index in [4.69, 9.17) is 4.74 Å². The third kappa shape index (κ3) is 2.08. The highest BCUT2D eigenvalue weighted by molar-refractivity contribution is 6.08. The van der Waals surface area contributed by atoms with Crippen LogP contribution in [0.3, 0.4) is 0 Å². The molecule has 0 radical (unpaired) electrons. The molecule has 3 fully saturated rings. The van der Waals surface area contributed by atoms with Crippen molar-refractivity contribution >= 4 is 17.7 Å². The summed E-state index contributed by atoms with van der Waals surface area (Å²) in [6.45, 7) is 1.04. The van der Waals surface area contributed by atoms with Crippen molar-refractivity contribution in [3.05, 3.63) is 12.2 Å². The maximum absolute atomic E-state index is 12.4. The minimum absolute atomic E-state index is 0.0633. The van der Waals surface area contributed by atoms with Gasteiger partial charge < -0.3 is 10.1 Å². The molecule has 3 amide bonds. The van der Waals surface area contributed by atoms with Crippen LogP contribution in [0.1, 0.15) is 19.3 Å². The number of carbonyl (C=O) groups is 3. The average molecular weight is 304 g/mol. The molecular formula is C16H20N2O4. The lowest BCUT2D eigenvalue weighted by Gasteiger charge is -2.17. The lowest BCUT2D eigenvalue weighted by Crippen LogP contribution is -2.43. The summed E-state index contributed by atoms with van der Waals surface area (Å²) in [6.07, 6.45) is 7.04. The first-order chi connectivity index (χ1) is 10.6. The monoisotopic (exact) mass is 304 g/mol. The largest absolute Gasteiger partial charge is 0.376 e. The van der Waals surface area contributed by atoms with Crippen LogP contribution in [0.4, 0.5) is 0 Å². The standard InChI is InChI=1S/C16H20N2O4/c19-12(17-7-11-2-1-5-22-11)8-18-15(20)13-9-3-4-10(6-9)14(13)16(18)21/h3-4,9-11,13-14H,1-2,5-8H2,(H,17,19)/t9-,10-,11-,13-,14+/m0/s1. The fraction of sp³-hybridized carbons (Fsp3) is 0.688. The maximum atomic E-state index is 12.4. The molecule has 1 saturated carbocycles. The van der Waals surface area contributed by atoms with Gasteiger partial charge in [0, 0.05) is 13.2 Å². The molecule has 118 valence electrons. The van der Waals surface area contributed by atoms with E-state index in [0.29, 0.717) is 6.54 Å². The van der Waals surface area contributed by atoms with Crippen molar-refractivity contribution < 1.29 is 19.1 Å². The molecule has 5 atom stereocenters. The molecule has 4 aliphatic rings. The van der Waals surface area contributed by atoms with Crippen LogP contribution in [0.2, 0.25) is 0 Å². The van der Waals surface area contributed by atoms with Gasteiger partial charge in [-0.15, -0.1) is 0 Å². The van der Waals surface area contributed by atoms with Gasteiger partial charge in [-0.3, -0.25) is 19.3 Å². The Hall–Kier alpha value is -1.69. The topological polar surface area (TPSA) is 75.7 Å². The lowest BCUT2D eigenvalue weighted by atomic mass is 9.85. The van der Waals surface area contributed by atoms with E-state index < -0.39 is 0 Å². The molecule has 2 aliphatic heterocycles. The van der Waals surface area contributed by atoms with Gasteiger partial charge in [0.15, 0.2) is 0 Å². The molecule has 2 bridgehead atoms. The summed E-state index contributed by atoms with van der Waals surface area (Å²) in [6, 6.07) is 0. The molecule has 0 spiro atoms. The van der Waals surface area contributed by atoms with E-state index in [1.165, 1.54) is 0 Å². The molecule has 0 aromatic carbocycles. The second-order valence-electron chi connectivity index (χ2n) is 6.70. The number of likely N-dealkylation sites (tertiary alicyclic amines) is 1. The Balaban J connectivity index is 1.36. The minimum Gasteiger partial charge on any atom is -0.376 e. The van der Waals surface area contributed by atoms with E-state index in [1.54, 1.807) is 0 Å². The summed E-state index contributed by atoms with van der Waals surface area (Å²) in [7, 11) is 0. The third-order valence-electron chi connectivity index (χ3n) is 5.41. The number of hydrogen-bond acceptors (Lipinski definition) is 4. The van der Waals surface area contributed by atoms with Crippen molar-refractivity contribution in [3.8, 4) is 0 Å². The molecule has 0 unspecified atom stereocenters. The molecule has 6 heteroatoms. The summed E-state index contributed by atoms with van der Waals surface area (Å²) in [5, 5.41) is 2.77. The van der Waals surface area contributed by atoms with Crippen LogP contribution in [-0.2, 0) is 19.1 Å². The summed E-state index contributed by atoms with van der Waals surface area (Å²) in [5.41, 5.74) is 0. The molecule has 2 saturated heterocycles. The van der Waals surface area contributed by atoms with Crippen LogP contribution in [0, 0.1) is 23.7 Å². The van der Waals surface area contributed by atoms with E-state index in [-0.39, 0.29) is 54.0 Å². The van der Waals surface area contributed by atoms with Crippen LogP contribution in [0.25, 0.3) is 0 Å². The highest BCUT2D eigenvalue weighted by Crippen LogP contribution is 2.52. The van der Waals surface area contributed by atoms with Crippen molar-refractivity contribution in [3.63, 3.8) is 0 Å². The van der Waals surface area contributed by atoms with Crippen LogP contribution in [0.15, 0.2) is 12.2 Å². The van der Waals surface area contributed by atoms with Crippen molar-refractivity contribution in [1.29, 1.82) is 0 Å². The van der Waals surface area contributed by atoms with Gasteiger partial charge in [0.05, 0.1) is 17.9 Å². The highest BCUT2D eigenvalue weighted by atomic mass is 16.5. The van der Waals surface area contributed by atoms with E-state index >= 15 is 0 Å². The lowest BCUT2D eigenvalue weighted by molar-refractivity contribution is -0.144. The number of allylic oxidation sites excluding steroid dienone is 2. The maximum Gasteiger partial charge on any atom is 0.240 e. The number of rotatable bonds is 4. The zero-order chi connectivity index (χ0) is 15.3. The molecular weight excluding hydrogens is 284 g/mol. The number of amides is 3. The van der Waals surface area contributed by atoms with Crippen molar-refractivity contribution in [2.24, 2.45) is 23.7 Å². The summed E-state index contributed by atoms with van der Waals surface area (Å²) in [5.74, 6) is -0.699. The molecule has 6 nitrogen and oxygen atoms in total. The number of carbonyl (C=O) groups excluding carboxylic acids is 3.